The zero-order chi connectivity index (χ0) is 32.2. The maximum atomic E-state index is 7.51. The molecule has 46 heavy (non-hydrogen) atoms. The minimum atomic E-state index is 0.651. The van der Waals surface area contributed by atoms with Crippen LogP contribution in [0.25, 0.3) is 60.5 Å². The van der Waals surface area contributed by atoms with Crippen LogP contribution in [0.5, 0.6) is 0 Å². The molecule has 5 aromatic carbocycles. The summed E-state index contributed by atoms with van der Waals surface area (Å²) in [6.07, 6.45) is 12.7. The molecule has 0 amide bonds. The Morgan fingerprint density at radius 1 is 0.783 bits per heavy atom. The standard InChI is InChI=1S/C43H37N3/c1-5-7-16-41(45)30(4)25-29(3)32-17-21-39-40-22-19-36-27-35(34-13-11-12-33(26-34)31(6-2)23-24-44)18-20-38(36)43(40)46(42(39)28-32)37-14-9-8-10-15-37/h5-28,44H,2,4,45H2,1,3H3/b7-5-,29-25+,31-23+,41-16-,44-24?. The largest absolute Gasteiger partial charge is 0.398 e. The Morgan fingerprint density at radius 3 is 2.30 bits per heavy atom. The number of benzene rings is 5. The van der Waals surface area contributed by atoms with Crippen molar-refractivity contribution in [2.45, 2.75) is 13.8 Å². The molecule has 0 fully saturated rings. The zero-order valence-electron chi connectivity index (χ0n) is 26.3. The van der Waals surface area contributed by atoms with E-state index in [1.54, 1.807) is 12.2 Å². The Morgan fingerprint density at radius 2 is 1.54 bits per heavy atom. The first-order valence-corrected chi connectivity index (χ1v) is 15.4. The highest BCUT2D eigenvalue weighted by Crippen LogP contribution is 2.39. The van der Waals surface area contributed by atoms with Gasteiger partial charge in [0, 0.05) is 33.8 Å². The fraction of sp³-hybridized carbons (Fsp3) is 0.0465. The third kappa shape index (κ3) is 5.67. The van der Waals surface area contributed by atoms with Gasteiger partial charge in [-0.2, -0.15) is 0 Å². The van der Waals surface area contributed by atoms with Crippen LogP contribution < -0.4 is 5.73 Å². The van der Waals surface area contributed by atoms with Gasteiger partial charge < -0.3 is 15.7 Å². The number of hydrogen-bond acceptors (Lipinski definition) is 2. The summed E-state index contributed by atoms with van der Waals surface area (Å²) in [5.74, 6) is 0. The molecule has 3 heteroatoms. The summed E-state index contributed by atoms with van der Waals surface area (Å²) < 4.78 is 2.39. The third-order valence-electron chi connectivity index (χ3n) is 8.46. The molecule has 0 spiro atoms. The van der Waals surface area contributed by atoms with E-state index in [1.807, 2.05) is 25.2 Å². The van der Waals surface area contributed by atoms with Crippen molar-refractivity contribution in [3.63, 3.8) is 0 Å². The van der Waals surface area contributed by atoms with E-state index in [2.05, 4.69) is 134 Å². The van der Waals surface area contributed by atoms with Crippen LogP contribution in [-0.2, 0) is 0 Å². The maximum Gasteiger partial charge on any atom is 0.0619 e. The summed E-state index contributed by atoms with van der Waals surface area (Å²) in [5.41, 5.74) is 17.6. The Kier molecular flexibility index (Phi) is 8.49. The summed E-state index contributed by atoms with van der Waals surface area (Å²) in [5, 5.41) is 12.3. The normalized spacial score (nSPS) is 12.8. The lowest BCUT2D eigenvalue weighted by Gasteiger charge is -2.12. The van der Waals surface area contributed by atoms with E-state index >= 15 is 0 Å². The topological polar surface area (TPSA) is 54.8 Å². The molecule has 6 aromatic rings. The third-order valence-corrected chi connectivity index (χ3v) is 8.46. The van der Waals surface area contributed by atoms with Crippen molar-refractivity contribution in [3.8, 4) is 16.8 Å². The SMILES string of the molecule is C=C/C(=C\C=N)c1cccc(-c2ccc3c(ccc4c5ccc(/C(C)=C/C(=C)/C(N)=C/C=C\C)cc5n(-c5ccccc5)c34)c2)c1. The predicted octanol–water partition coefficient (Wildman–Crippen LogP) is 11.2. The predicted molar refractivity (Wildman–Crippen MR) is 201 cm³/mol. The fourth-order valence-electron chi connectivity index (χ4n) is 6.09. The molecule has 0 aliphatic heterocycles. The van der Waals surface area contributed by atoms with Crippen molar-refractivity contribution in [2.24, 2.45) is 5.73 Å². The number of nitrogens with one attached hydrogen (secondary N) is 1. The molecule has 0 saturated heterocycles. The van der Waals surface area contributed by atoms with Gasteiger partial charge in [0.05, 0.1) is 11.0 Å². The molecule has 1 aromatic heterocycles. The summed E-state index contributed by atoms with van der Waals surface area (Å²) in [4.78, 5) is 0. The Bertz CT molecular complexity index is 2270. The minimum absolute atomic E-state index is 0.651. The first-order chi connectivity index (χ1) is 22.4. The van der Waals surface area contributed by atoms with Crippen LogP contribution in [0.15, 0.2) is 164 Å². The fourth-order valence-corrected chi connectivity index (χ4v) is 6.09. The molecular weight excluding hydrogens is 558 g/mol. The molecular formula is C43H37N3. The molecule has 224 valence electrons. The lowest BCUT2D eigenvalue weighted by molar-refractivity contribution is 1.18. The quantitative estimate of drug-likeness (QED) is 0.127. The first-order valence-electron chi connectivity index (χ1n) is 15.4. The first kappa shape index (κ1) is 30.1. The minimum Gasteiger partial charge on any atom is -0.398 e. The van der Waals surface area contributed by atoms with Crippen LogP contribution in [0.3, 0.4) is 0 Å². The van der Waals surface area contributed by atoms with Gasteiger partial charge in [0.25, 0.3) is 0 Å². The highest BCUT2D eigenvalue weighted by atomic mass is 15.0. The van der Waals surface area contributed by atoms with E-state index < -0.39 is 0 Å². The van der Waals surface area contributed by atoms with Gasteiger partial charge >= 0.3 is 0 Å². The number of nitrogens with two attached hydrogens (primary N) is 1. The van der Waals surface area contributed by atoms with Crippen molar-refractivity contribution < 1.29 is 0 Å². The molecule has 3 nitrogen and oxygen atoms in total. The second kappa shape index (κ2) is 13.0. The number of nitrogens with zero attached hydrogens (tertiary/aromatic N) is 1. The van der Waals surface area contributed by atoms with Gasteiger partial charge in [-0.1, -0.05) is 104 Å². The number of aromatic nitrogens is 1. The molecule has 6 rings (SSSR count). The van der Waals surface area contributed by atoms with Crippen LogP contribution in [0.4, 0.5) is 0 Å². The molecule has 0 aliphatic carbocycles. The van der Waals surface area contributed by atoms with Crippen molar-refractivity contribution in [3.05, 3.63) is 175 Å². The summed E-state index contributed by atoms with van der Waals surface area (Å²) in [6, 6.07) is 36.9. The number of fused-ring (bicyclic) bond motifs is 5. The van der Waals surface area contributed by atoms with E-state index in [0.717, 1.165) is 50.2 Å². The molecule has 0 aliphatic rings. The summed E-state index contributed by atoms with van der Waals surface area (Å²) >= 11 is 0. The zero-order valence-corrected chi connectivity index (χ0v) is 26.3. The highest BCUT2D eigenvalue weighted by Gasteiger charge is 2.16. The molecule has 0 bridgehead atoms. The van der Waals surface area contributed by atoms with Crippen molar-refractivity contribution in [2.75, 3.05) is 0 Å². The monoisotopic (exact) mass is 595 g/mol. The van der Waals surface area contributed by atoms with Crippen molar-refractivity contribution in [1.82, 2.24) is 4.57 Å². The average Bonchev–Trinajstić information content (AvgIpc) is 3.43. The van der Waals surface area contributed by atoms with Crippen molar-refractivity contribution in [1.29, 1.82) is 5.41 Å². The van der Waals surface area contributed by atoms with Gasteiger partial charge in [0.1, 0.15) is 0 Å². The summed E-state index contributed by atoms with van der Waals surface area (Å²) in [7, 11) is 0. The molecule has 0 radical (unpaired) electrons. The van der Waals surface area contributed by atoms with Gasteiger partial charge in [-0.25, -0.2) is 0 Å². The van der Waals surface area contributed by atoms with Crippen LogP contribution in [-0.4, -0.2) is 10.8 Å². The number of hydrogen-bond donors (Lipinski definition) is 2. The Balaban J connectivity index is 1.54. The van der Waals surface area contributed by atoms with E-state index in [0.29, 0.717) is 5.70 Å². The Hall–Kier alpha value is -5.93. The molecule has 0 saturated carbocycles. The summed E-state index contributed by atoms with van der Waals surface area (Å²) in [6.45, 7) is 12.2. The molecule has 1 heterocycles. The van der Waals surface area contributed by atoms with Crippen LogP contribution in [0.2, 0.25) is 0 Å². The highest BCUT2D eigenvalue weighted by molar-refractivity contribution is 6.19. The average molecular weight is 596 g/mol. The molecule has 0 unspecified atom stereocenters. The van der Waals surface area contributed by atoms with Crippen LogP contribution in [0, 0.1) is 5.41 Å². The van der Waals surface area contributed by atoms with E-state index in [4.69, 9.17) is 11.1 Å². The van der Waals surface area contributed by atoms with E-state index in [1.165, 1.54) is 33.3 Å². The number of allylic oxidation sites excluding steroid dienone is 8. The van der Waals surface area contributed by atoms with Gasteiger partial charge in [-0.3, -0.25) is 0 Å². The lowest BCUT2D eigenvalue weighted by Crippen LogP contribution is -1.98. The molecule has 3 N–H and O–H groups in total. The second-order valence-corrected chi connectivity index (χ2v) is 11.4. The van der Waals surface area contributed by atoms with Crippen molar-refractivity contribution >= 4 is 49.9 Å². The van der Waals surface area contributed by atoms with Gasteiger partial charge in [-0.05, 0) is 107 Å². The number of rotatable bonds is 9. The maximum absolute atomic E-state index is 7.51. The van der Waals surface area contributed by atoms with Gasteiger partial charge in [0.2, 0.25) is 0 Å². The lowest BCUT2D eigenvalue weighted by atomic mass is 9.96. The number of para-hydroxylation sites is 1. The second-order valence-electron chi connectivity index (χ2n) is 11.4. The van der Waals surface area contributed by atoms with E-state index in [9.17, 15) is 0 Å². The van der Waals surface area contributed by atoms with Gasteiger partial charge in [0.15, 0.2) is 0 Å². The smallest absolute Gasteiger partial charge is 0.0619 e. The Labute approximate surface area is 270 Å². The van der Waals surface area contributed by atoms with Crippen LogP contribution in [0.1, 0.15) is 25.0 Å². The van der Waals surface area contributed by atoms with Gasteiger partial charge in [-0.15, -0.1) is 0 Å². The van der Waals surface area contributed by atoms with Crippen LogP contribution >= 0.6 is 0 Å². The molecule has 0 atom stereocenters. The van der Waals surface area contributed by atoms with E-state index in [-0.39, 0.29) is 0 Å².